The number of rotatable bonds is 18. The third-order valence-electron chi connectivity index (χ3n) is 4.70. The summed E-state index contributed by atoms with van der Waals surface area (Å²) in [6.45, 7) is 6.45. The smallest absolute Gasteiger partial charge is 0.328 e. The second-order valence-electron chi connectivity index (χ2n) is 8.80. The number of Topliss-reactive ketones (excluding diaryl/α,β-unsaturated/α-hetero) is 2. The van der Waals surface area contributed by atoms with Gasteiger partial charge in [0.25, 0.3) is 0 Å². The van der Waals surface area contributed by atoms with Gasteiger partial charge in [0, 0.05) is 19.3 Å². The fourth-order valence-corrected chi connectivity index (χ4v) is 2.93. The minimum atomic E-state index is -1.32. The van der Waals surface area contributed by atoms with E-state index in [-0.39, 0.29) is 38.5 Å². The monoisotopic (exact) mass is 537 g/mol. The lowest BCUT2D eigenvalue weighted by atomic mass is 10.0. The van der Waals surface area contributed by atoms with Gasteiger partial charge in [0.05, 0.1) is 12.2 Å². The van der Waals surface area contributed by atoms with Gasteiger partial charge >= 0.3 is 24.4 Å². The quantitative estimate of drug-likeness (QED) is 0.0861. The molecule has 0 bridgehead atoms. The molecule has 2 amide bonds. The molecular weight excluding hydrogens is 502 g/mol. The largest absolute Gasteiger partial charge is 0.462 e. The van der Waals surface area contributed by atoms with Crippen molar-refractivity contribution in [3.05, 3.63) is 11.1 Å². The summed E-state index contributed by atoms with van der Waals surface area (Å²) in [6, 6.07) is -3.69. The Hall–Kier alpha value is -4.06. The van der Waals surface area contributed by atoms with Crippen molar-refractivity contribution in [2.75, 3.05) is 0 Å². The van der Waals surface area contributed by atoms with Crippen LogP contribution in [0.25, 0.3) is 11.1 Å². The van der Waals surface area contributed by atoms with Crippen molar-refractivity contribution in [1.29, 1.82) is 0 Å². The van der Waals surface area contributed by atoms with Crippen LogP contribution in [0.5, 0.6) is 0 Å². The molecule has 0 aliphatic rings. The average Bonchev–Trinajstić information content (AvgIpc) is 2.81. The third kappa shape index (κ3) is 15.1. The maximum absolute atomic E-state index is 13.0. The molecule has 0 heterocycles. The summed E-state index contributed by atoms with van der Waals surface area (Å²) in [5.41, 5.74) is 22.7. The highest BCUT2D eigenvalue weighted by atomic mass is 16.5. The van der Waals surface area contributed by atoms with Crippen LogP contribution < -0.4 is 16.4 Å². The maximum atomic E-state index is 13.0. The summed E-state index contributed by atoms with van der Waals surface area (Å²) < 4.78 is 10.1. The summed E-state index contributed by atoms with van der Waals surface area (Å²) >= 11 is 0. The van der Waals surface area contributed by atoms with E-state index >= 15 is 0 Å². The van der Waals surface area contributed by atoms with Crippen molar-refractivity contribution in [3.63, 3.8) is 0 Å². The van der Waals surface area contributed by atoms with Gasteiger partial charge in [-0.2, -0.15) is 9.58 Å². The molecule has 0 aliphatic heterocycles. The molecule has 0 radical (unpaired) electrons. The summed E-state index contributed by atoms with van der Waals surface area (Å²) in [6.07, 6.45) is -0.982. The van der Waals surface area contributed by atoms with Gasteiger partial charge < -0.3 is 36.9 Å². The van der Waals surface area contributed by atoms with Crippen LogP contribution in [0.3, 0.4) is 0 Å². The highest BCUT2D eigenvalue weighted by Crippen LogP contribution is 2.07. The Bertz CT molecular complexity index is 969. The topological polar surface area (TPSA) is 244 Å². The fourth-order valence-electron chi connectivity index (χ4n) is 2.93. The number of nitrogens with zero attached hydrogens (tertiary/aromatic N) is 4. The van der Waals surface area contributed by atoms with Crippen molar-refractivity contribution in [2.24, 2.45) is 5.73 Å². The maximum Gasteiger partial charge on any atom is 0.328 e. The van der Waals surface area contributed by atoms with Gasteiger partial charge in [-0.3, -0.25) is 24.0 Å². The molecule has 0 spiro atoms. The molecule has 210 valence electrons. The zero-order valence-electron chi connectivity index (χ0n) is 21.9. The van der Waals surface area contributed by atoms with Crippen molar-refractivity contribution < 1.29 is 47.8 Å². The van der Waals surface area contributed by atoms with Crippen LogP contribution in [0.4, 0.5) is 0 Å². The Balaban J connectivity index is 5.53. The minimum Gasteiger partial charge on any atom is -0.462 e. The number of esters is 2. The number of nitrogens with one attached hydrogen (secondary N) is 2. The van der Waals surface area contributed by atoms with Crippen molar-refractivity contribution in [2.45, 2.75) is 96.6 Å². The average molecular weight is 538 g/mol. The first-order valence-electron chi connectivity index (χ1n) is 12.0. The number of ether oxygens (including phenoxy) is 2. The zero-order chi connectivity index (χ0) is 29.3. The minimum absolute atomic E-state index is 0.0836. The molecule has 0 unspecified atom stereocenters. The Morgan fingerprint density at radius 2 is 1.21 bits per heavy atom. The summed E-state index contributed by atoms with van der Waals surface area (Å²) in [5, 5.41) is 4.83. The summed E-state index contributed by atoms with van der Waals surface area (Å²) in [7, 11) is 0. The predicted molar refractivity (Wildman–Crippen MR) is 131 cm³/mol. The van der Waals surface area contributed by atoms with E-state index in [9.17, 15) is 28.8 Å². The first-order chi connectivity index (χ1) is 17.8. The number of amides is 2. The third-order valence-corrected chi connectivity index (χ3v) is 4.70. The molecule has 0 saturated heterocycles. The lowest BCUT2D eigenvalue weighted by Gasteiger charge is -2.23. The first kappa shape index (κ1) is 33.9. The highest BCUT2D eigenvalue weighted by Gasteiger charge is 2.29. The first-order valence-corrected chi connectivity index (χ1v) is 12.0. The Morgan fingerprint density at radius 1 is 0.737 bits per heavy atom. The van der Waals surface area contributed by atoms with Crippen molar-refractivity contribution in [1.82, 2.24) is 10.6 Å². The molecule has 0 aromatic carbocycles. The van der Waals surface area contributed by atoms with Crippen LogP contribution in [-0.2, 0) is 38.2 Å². The van der Waals surface area contributed by atoms with Crippen molar-refractivity contribution in [3.8, 4) is 0 Å². The van der Waals surface area contributed by atoms with Gasteiger partial charge in [0.1, 0.15) is 18.1 Å². The van der Waals surface area contributed by atoms with Gasteiger partial charge in [0.15, 0.2) is 0 Å². The van der Waals surface area contributed by atoms with Gasteiger partial charge in [-0.1, -0.05) is 0 Å². The van der Waals surface area contributed by atoms with Crippen LogP contribution in [0.15, 0.2) is 0 Å². The molecule has 0 aliphatic carbocycles. The normalized spacial score (nSPS) is 12.7. The molecular formula is C23H35N7O8. The molecule has 3 atom stereocenters. The summed E-state index contributed by atoms with van der Waals surface area (Å²) in [5.74, 6) is -4.31. The zero-order valence-corrected chi connectivity index (χ0v) is 21.9. The molecule has 0 aromatic rings. The van der Waals surface area contributed by atoms with Crippen molar-refractivity contribution >= 4 is 47.7 Å². The molecule has 4 N–H and O–H groups in total. The standard InChI is InChI=1S/C23H35N7O8/c1-13(2)37-22(35)17(24)7-10-20(33)29-18(8-5-15(31)11-27-25)21(34)30-19(23(36)38-14(3)4)9-6-16(32)12-28-26/h11-14,17-19H,5-10,24H2,1-4H3,(H,29,33)(H,30,34)/t17-,18-,19-/m0/s1. The second-order valence-corrected chi connectivity index (χ2v) is 8.80. The number of ketones is 2. The number of carbonyl (C=O) groups excluding carboxylic acids is 6. The lowest BCUT2D eigenvalue weighted by molar-refractivity contribution is -0.152. The second kappa shape index (κ2) is 18.2. The molecule has 0 rings (SSSR count). The Labute approximate surface area is 220 Å². The number of carbonyl (C=O) groups is 6. The van der Waals surface area contributed by atoms with E-state index in [0.717, 1.165) is 0 Å². The molecule has 15 nitrogen and oxygen atoms in total. The highest BCUT2D eigenvalue weighted by molar-refractivity contribution is 6.25. The molecule has 0 aromatic heterocycles. The van der Waals surface area contributed by atoms with Crippen LogP contribution >= 0.6 is 0 Å². The molecule has 0 fully saturated rings. The van der Waals surface area contributed by atoms with E-state index in [1.807, 2.05) is 0 Å². The van der Waals surface area contributed by atoms with E-state index in [1.165, 1.54) is 0 Å². The summed E-state index contributed by atoms with van der Waals surface area (Å²) in [4.78, 5) is 78.5. The van der Waals surface area contributed by atoms with Crippen LogP contribution in [0.1, 0.15) is 66.2 Å². The number of hydrogen-bond acceptors (Lipinski definition) is 9. The van der Waals surface area contributed by atoms with Crippen LogP contribution in [0.2, 0.25) is 0 Å². The van der Waals surface area contributed by atoms with E-state index in [4.69, 9.17) is 26.3 Å². The number of nitrogens with two attached hydrogens (primary N) is 1. The van der Waals surface area contributed by atoms with E-state index in [0.29, 0.717) is 12.4 Å². The molecule has 38 heavy (non-hydrogen) atoms. The Morgan fingerprint density at radius 3 is 1.68 bits per heavy atom. The van der Waals surface area contributed by atoms with Gasteiger partial charge in [0.2, 0.25) is 23.4 Å². The fraction of sp³-hybridized carbons (Fsp3) is 0.652. The van der Waals surface area contributed by atoms with Crippen LogP contribution in [-0.4, -0.2) is 87.7 Å². The van der Waals surface area contributed by atoms with E-state index < -0.39 is 65.7 Å². The van der Waals surface area contributed by atoms with Gasteiger partial charge in [-0.05, 0) is 47.0 Å². The number of hydrogen-bond donors (Lipinski definition) is 3. The van der Waals surface area contributed by atoms with Gasteiger partial charge in [-0.15, -0.1) is 0 Å². The molecule has 0 saturated carbocycles. The Kier molecular flexibility index (Phi) is 16.3. The van der Waals surface area contributed by atoms with E-state index in [1.54, 1.807) is 27.7 Å². The predicted octanol–water partition coefficient (Wildman–Crippen LogP) is -0.733. The van der Waals surface area contributed by atoms with E-state index in [2.05, 4.69) is 20.2 Å². The van der Waals surface area contributed by atoms with Gasteiger partial charge in [-0.25, -0.2) is 4.79 Å². The lowest BCUT2D eigenvalue weighted by Crippen LogP contribution is -2.52. The SMILES string of the molecule is CC(C)OC(=O)[C@H](CCC(=O)C=[N+]=[N-])NC(=O)[C@H](CCC(=O)C=[N+]=[N-])NC(=O)CC[C@H](N)C(=O)OC(C)C. The molecule has 15 heteroatoms. The van der Waals surface area contributed by atoms with Crippen LogP contribution in [0, 0.1) is 0 Å².